The van der Waals surface area contributed by atoms with E-state index in [9.17, 15) is 13.2 Å². The van der Waals surface area contributed by atoms with Crippen LogP contribution >= 0.6 is 11.3 Å². The molecule has 0 bridgehead atoms. The van der Waals surface area contributed by atoms with Crippen LogP contribution < -0.4 is 5.56 Å². The molecule has 3 aromatic heterocycles. The lowest BCUT2D eigenvalue weighted by molar-refractivity contribution is 0.216. The third-order valence-corrected chi connectivity index (χ3v) is 9.49. The van der Waals surface area contributed by atoms with Gasteiger partial charge in [-0.25, -0.2) is 8.42 Å². The topological polar surface area (TPSA) is 83.1 Å². The van der Waals surface area contributed by atoms with E-state index in [1.165, 1.54) is 11.3 Å². The van der Waals surface area contributed by atoms with E-state index in [1.807, 2.05) is 58.0 Å². The Kier molecular flexibility index (Phi) is 5.66. The van der Waals surface area contributed by atoms with Gasteiger partial charge in [-0.3, -0.25) is 9.78 Å². The highest BCUT2D eigenvalue weighted by Crippen LogP contribution is 2.44. The molecule has 6 nitrogen and oxygen atoms in total. The van der Waals surface area contributed by atoms with Crippen LogP contribution in [0.3, 0.4) is 0 Å². The van der Waals surface area contributed by atoms with Gasteiger partial charge in [-0.2, -0.15) is 4.31 Å². The highest BCUT2D eigenvalue weighted by atomic mass is 32.2. The number of pyridine rings is 2. The second-order valence-electron chi connectivity index (χ2n) is 8.44. The maximum absolute atomic E-state index is 13.8. The van der Waals surface area contributed by atoms with Crippen molar-refractivity contribution in [2.45, 2.75) is 62.7 Å². The highest BCUT2D eigenvalue weighted by Gasteiger charge is 2.48. The summed E-state index contributed by atoms with van der Waals surface area (Å²) in [6.45, 7) is 7.60. The second kappa shape index (κ2) is 8.00. The summed E-state index contributed by atoms with van der Waals surface area (Å²) >= 11 is 1.24. The second-order valence-corrected chi connectivity index (χ2v) is 11.6. The fraction of sp³-hybridized carbons (Fsp3) is 0.391. The van der Waals surface area contributed by atoms with Gasteiger partial charge in [0, 0.05) is 33.9 Å². The Balaban J connectivity index is 1.76. The van der Waals surface area contributed by atoms with Crippen LogP contribution in [0.1, 0.15) is 50.6 Å². The van der Waals surface area contributed by atoms with Crippen LogP contribution in [-0.2, 0) is 22.0 Å². The van der Waals surface area contributed by atoms with Gasteiger partial charge < -0.3 is 4.98 Å². The first-order valence-electron chi connectivity index (χ1n) is 10.4. The third kappa shape index (κ3) is 4.00. The number of aryl methyl sites for hydroxylation is 2. The monoisotopic (exact) mass is 457 g/mol. The van der Waals surface area contributed by atoms with E-state index < -0.39 is 15.6 Å². The normalized spacial score (nSPS) is 14.9. The molecule has 1 aliphatic rings. The molecule has 0 spiro atoms. The zero-order valence-corrected chi connectivity index (χ0v) is 19.8. The maximum atomic E-state index is 13.8. The number of hydrogen-bond acceptors (Lipinski definition) is 5. The average molecular weight is 458 g/mol. The molecule has 1 fully saturated rings. The molecule has 0 radical (unpaired) electrons. The number of hydrogen-bond donors (Lipinski definition) is 1. The number of aromatic amines is 1. The van der Waals surface area contributed by atoms with Crippen LogP contribution in [0.5, 0.6) is 0 Å². The number of thiophene rings is 1. The highest BCUT2D eigenvalue weighted by molar-refractivity contribution is 7.91. The van der Waals surface area contributed by atoms with Gasteiger partial charge in [-0.15, -0.1) is 11.3 Å². The summed E-state index contributed by atoms with van der Waals surface area (Å²) in [5.74, 6) is 0. The minimum atomic E-state index is -3.73. The summed E-state index contributed by atoms with van der Waals surface area (Å²) in [5, 5.41) is 0. The van der Waals surface area contributed by atoms with Crippen LogP contribution in [0, 0.1) is 6.92 Å². The van der Waals surface area contributed by atoms with E-state index in [2.05, 4.69) is 9.97 Å². The van der Waals surface area contributed by atoms with E-state index in [0.29, 0.717) is 16.2 Å². The van der Waals surface area contributed by atoms with Crippen LogP contribution in [-0.4, -0.2) is 28.7 Å². The molecule has 0 aliphatic heterocycles. The quantitative estimate of drug-likeness (QED) is 0.568. The number of rotatable bonds is 7. The van der Waals surface area contributed by atoms with Crippen molar-refractivity contribution in [1.29, 1.82) is 0 Å². The molecular weight excluding hydrogens is 430 g/mol. The Morgan fingerprint density at radius 3 is 2.58 bits per heavy atom. The van der Waals surface area contributed by atoms with Crippen LogP contribution in [0.2, 0.25) is 0 Å². The van der Waals surface area contributed by atoms with Crippen molar-refractivity contribution < 1.29 is 8.42 Å². The standard InChI is InChI=1S/C23H27N3O3S2/c1-5-16-14-18(15(2)25-22(16)27)19-11-12-21(30-19)31(28,29)26(17-9-10-17)23(3,4)20-8-6-7-13-24-20/h6-8,11-14,17H,5,9-10H2,1-4H3,(H,25,27). The molecule has 4 rings (SSSR count). The van der Waals surface area contributed by atoms with Gasteiger partial charge in [-0.05, 0) is 70.4 Å². The van der Waals surface area contributed by atoms with E-state index in [-0.39, 0.29) is 11.6 Å². The van der Waals surface area contributed by atoms with E-state index in [0.717, 1.165) is 34.7 Å². The minimum absolute atomic E-state index is 0.0194. The van der Waals surface area contributed by atoms with Crippen molar-refractivity contribution in [3.63, 3.8) is 0 Å². The molecule has 1 N–H and O–H groups in total. The fourth-order valence-corrected chi connectivity index (χ4v) is 7.46. The number of nitrogens with zero attached hydrogens (tertiary/aromatic N) is 2. The fourth-order valence-electron chi connectivity index (χ4n) is 3.98. The van der Waals surface area contributed by atoms with Gasteiger partial charge in [0.2, 0.25) is 0 Å². The molecule has 3 heterocycles. The Morgan fingerprint density at radius 2 is 1.97 bits per heavy atom. The molecular formula is C23H27N3O3S2. The molecule has 164 valence electrons. The molecule has 31 heavy (non-hydrogen) atoms. The third-order valence-electron chi connectivity index (χ3n) is 5.78. The summed E-state index contributed by atoms with van der Waals surface area (Å²) < 4.78 is 29.5. The van der Waals surface area contributed by atoms with Gasteiger partial charge in [0.25, 0.3) is 15.6 Å². The smallest absolute Gasteiger partial charge is 0.253 e. The Morgan fingerprint density at radius 1 is 1.23 bits per heavy atom. The van der Waals surface area contributed by atoms with Gasteiger partial charge in [0.1, 0.15) is 4.21 Å². The maximum Gasteiger partial charge on any atom is 0.253 e. The van der Waals surface area contributed by atoms with E-state index >= 15 is 0 Å². The largest absolute Gasteiger partial charge is 0.326 e. The summed E-state index contributed by atoms with van der Waals surface area (Å²) in [6.07, 6.45) is 4.02. The zero-order valence-electron chi connectivity index (χ0n) is 18.2. The molecule has 3 aromatic rings. The number of nitrogens with one attached hydrogen (secondary N) is 1. The van der Waals surface area contributed by atoms with Crippen molar-refractivity contribution in [2.24, 2.45) is 0 Å². The Labute approximate surface area is 187 Å². The minimum Gasteiger partial charge on any atom is -0.326 e. The lowest BCUT2D eigenvalue weighted by Crippen LogP contribution is -2.47. The van der Waals surface area contributed by atoms with Crippen LogP contribution in [0.25, 0.3) is 10.4 Å². The molecule has 0 unspecified atom stereocenters. The summed E-state index contributed by atoms with van der Waals surface area (Å²) in [7, 11) is -3.73. The van der Waals surface area contributed by atoms with Crippen LogP contribution in [0.15, 0.2) is 51.6 Å². The van der Waals surface area contributed by atoms with Gasteiger partial charge in [-0.1, -0.05) is 13.0 Å². The van der Waals surface area contributed by atoms with E-state index in [1.54, 1.807) is 16.6 Å². The van der Waals surface area contributed by atoms with Crippen LogP contribution in [0.4, 0.5) is 0 Å². The average Bonchev–Trinajstić information content (AvgIpc) is 3.41. The first kappa shape index (κ1) is 21.9. The summed E-state index contributed by atoms with van der Waals surface area (Å²) in [4.78, 5) is 20.2. The molecule has 0 atom stereocenters. The predicted molar refractivity (Wildman–Crippen MR) is 124 cm³/mol. The van der Waals surface area contributed by atoms with Gasteiger partial charge in [0.05, 0.1) is 11.2 Å². The molecule has 0 saturated heterocycles. The van der Waals surface area contributed by atoms with Gasteiger partial charge in [0.15, 0.2) is 0 Å². The number of H-pyrrole nitrogens is 1. The zero-order chi connectivity index (χ0) is 22.4. The molecule has 0 amide bonds. The van der Waals surface area contributed by atoms with Crippen molar-refractivity contribution in [2.75, 3.05) is 0 Å². The molecule has 1 aliphatic carbocycles. The first-order valence-corrected chi connectivity index (χ1v) is 12.7. The van der Waals surface area contributed by atoms with E-state index in [4.69, 9.17) is 0 Å². The first-order chi connectivity index (χ1) is 14.7. The van der Waals surface area contributed by atoms with Crippen molar-refractivity contribution in [3.8, 4) is 10.4 Å². The molecule has 8 heteroatoms. The summed E-state index contributed by atoms with van der Waals surface area (Å²) in [5.41, 5.74) is 2.16. The Hall–Kier alpha value is -2.29. The molecule has 1 saturated carbocycles. The SMILES string of the molecule is CCc1cc(-c2ccc(S(=O)(=O)N(C3CC3)C(C)(C)c3ccccn3)s2)c(C)[nH]c1=O. The Bertz CT molecular complexity index is 1260. The van der Waals surface area contributed by atoms with Crippen molar-refractivity contribution in [3.05, 3.63) is 69.9 Å². The lowest BCUT2D eigenvalue weighted by Gasteiger charge is -2.37. The van der Waals surface area contributed by atoms with Crippen molar-refractivity contribution >= 4 is 21.4 Å². The van der Waals surface area contributed by atoms with Crippen molar-refractivity contribution in [1.82, 2.24) is 14.3 Å². The van der Waals surface area contributed by atoms with Gasteiger partial charge >= 0.3 is 0 Å². The number of sulfonamides is 1. The number of aromatic nitrogens is 2. The molecule has 0 aromatic carbocycles. The predicted octanol–water partition coefficient (Wildman–Crippen LogP) is 4.46. The summed E-state index contributed by atoms with van der Waals surface area (Å²) in [6, 6.07) is 10.9. The lowest BCUT2D eigenvalue weighted by atomic mass is 10.00.